The number of imidazole rings is 1. The Morgan fingerprint density at radius 1 is 0.897 bits per heavy atom. The van der Waals surface area contributed by atoms with Crippen molar-refractivity contribution >= 4 is 17.4 Å². The minimum Gasteiger partial charge on any atom is -0.493 e. The first-order chi connectivity index (χ1) is 19.1. The predicted octanol–water partition coefficient (Wildman–Crippen LogP) is 5.50. The van der Waals surface area contributed by atoms with E-state index in [1.807, 2.05) is 78.2 Å². The summed E-state index contributed by atoms with van der Waals surface area (Å²) in [7, 11) is 0. The third-order valence-corrected chi connectivity index (χ3v) is 7.18. The van der Waals surface area contributed by atoms with Crippen LogP contribution in [0.3, 0.4) is 0 Å². The Morgan fingerprint density at radius 2 is 1.69 bits per heavy atom. The molecule has 8 nitrogen and oxygen atoms in total. The van der Waals surface area contributed by atoms with Crippen LogP contribution < -0.4 is 9.64 Å². The summed E-state index contributed by atoms with van der Waals surface area (Å²) in [4.78, 5) is 29.6. The number of pyridine rings is 1. The molecule has 1 aliphatic heterocycles. The van der Waals surface area contributed by atoms with E-state index >= 15 is 0 Å². The molecule has 0 fully saturated rings. The molecule has 196 valence electrons. The van der Waals surface area contributed by atoms with Gasteiger partial charge in [0, 0.05) is 60.1 Å². The monoisotopic (exact) mass is 519 g/mol. The number of esters is 1. The molecule has 0 saturated carbocycles. The van der Waals surface area contributed by atoms with Gasteiger partial charge in [-0.25, -0.2) is 19.7 Å². The van der Waals surface area contributed by atoms with Crippen molar-refractivity contribution in [2.45, 2.75) is 26.4 Å². The molecule has 8 heteroatoms. The molecule has 5 aromatic rings. The Kier molecular flexibility index (Phi) is 6.23. The maximum absolute atomic E-state index is 13.5. The second kappa shape index (κ2) is 9.87. The van der Waals surface area contributed by atoms with Gasteiger partial charge < -0.3 is 14.4 Å². The van der Waals surface area contributed by atoms with Crippen LogP contribution in [0.25, 0.3) is 17.0 Å². The van der Waals surface area contributed by atoms with E-state index in [4.69, 9.17) is 14.5 Å². The molecule has 0 saturated heterocycles. The van der Waals surface area contributed by atoms with Crippen LogP contribution in [0.1, 0.15) is 48.1 Å². The number of ether oxygens (including phenoxy) is 2. The first-order valence-electron chi connectivity index (χ1n) is 13.2. The minimum absolute atomic E-state index is 0.269. The van der Waals surface area contributed by atoms with Crippen molar-refractivity contribution < 1.29 is 14.3 Å². The van der Waals surface area contributed by atoms with Crippen LogP contribution in [0.15, 0.2) is 85.3 Å². The molecule has 0 N–H and O–H groups in total. The summed E-state index contributed by atoms with van der Waals surface area (Å²) in [6.45, 7) is 8.34. The van der Waals surface area contributed by atoms with Crippen molar-refractivity contribution in [2.75, 3.05) is 24.6 Å². The van der Waals surface area contributed by atoms with Crippen LogP contribution in [-0.4, -0.2) is 45.0 Å². The second-order valence-corrected chi connectivity index (χ2v) is 9.22. The van der Waals surface area contributed by atoms with E-state index in [0.29, 0.717) is 40.6 Å². The molecule has 6 rings (SSSR count). The van der Waals surface area contributed by atoms with Gasteiger partial charge >= 0.3 is 5.97 Å². The fraction of sp³-hybridized carbons (Fsp3) is 0.226. The maximum Gasteiger partial charge on any atom is 0.359 e. The quantitative estimate of drug-likeness (QED) is 0.251. The average molecular weight is 520 g/mol. The van der Waals surface area contributed by atoms with E-state index in [1.165, 1.54) is 0 Å². The summed E-state index contributed by atoms with van der Waals surface area (Å²) in [5, 5.41) is 0. The molecule has 39 heavy (non-hydrogen) atoms. The minimum atomic E-state index is -1.39. The van der Waals surface area contributed by atoms with Gasteiger partial charge in [0.1, 0.15) is 11.4 Å². The van der Waals surface area contributed by atoms with Crippen molar-refractivity contribution in [1.29, 1.82) is 0 Å². The van der Waals surface area contributed by atoms with Crippen LogP contribution in [0.2, 0.25) is 0 Å². The van der Waals surface area contributed by atoms with Gasteiger partial charge in [0.25, 0.3) is 0 Å². The van der Waals surface area contributed by atoms with E-state index in [9.17, 15) is 4.79 Å². The molecule has 0 radical (unpaired) electrons. The lowest BCUT2D eigenvalue weighted by molar-refractivity contribution is 0.0228. The number of hydrogen-bond donors (Lipinski definition) is 0. The highest BCUT2D eigenvalue weighted by Crippen LogP contribution is 2.52. The Balaban J connectivity index is 1.74. The van der Waals surface area contributed by atoms with Gasteiger partial charge in [0.15, 0.2) is 5.69 Å². The Hall–Kier alpha value is -4.72. The Morgan fingerprint density at radius 3 is 2.46 bits per heavy atom. The highest BCUT2D eigenvalue weighted by molar-refractivity contribution is 5.95. The van der Waals surface area contributed by atoms with Crippen LogP contribution in [0.5, 0.6) is 5.75 Å². The molecule has 0 aliphatic carbocycles. The number of nitrogens with zero attached hydrogens (tertiary/aromatic N) is 5. The zero-order chi connectivity index (χ0) is 27.0. The number of hydrogen-bond acceptors (Lipinski definition) is 7. The van der Waals surface area contributed by atoms with Crippen LogP contribution in [0, 0.1) is 0 Å². The first kappa shape index (κ1) is 24.6. The van der Waals surface area contributed by atoms with Gasteiger partial charge in [-0.3, -0.25) is 4.40 Å². The summed E-state index contributed by atoms with van der Waals surface area (Å²) >= 11 is 0. The van der Waals surface area contributed by atoms with Crippen LogP contribution in [-0.2, 0) is 10.3 Å². The van der Waals surface area contributed by atoms with E-state index in [-0.39, 0.29) is 5.69 Å². The topological polar surface area (TPSA) is 81.9 Å². The zero-order valence-electron chi connectivity index (χ0n) is 22.2. The lowest BCUT2D eigenvalue weighted by Gasteiger charge is -2.32. The molecule has 1 atom stereocenters. The number of rotatable bonds is 8. The highest BCUT2D eigenvalue weighted by Gasteiger charge is 2.54. The summed E-state index contributed by atoms with van der Waals surface area (Å²) in [5.74, 6) is 0.625. The second-order valence-electron chi connectivity index (χ2n) is 9.22. The molecule has 0 spiro atoms. The largest absolute Gasteiger partial charge is 0.493 e. The van der Waals surface area contributed by atoms with Crippen molar-refractivity contribution in [3.05, 3.63) is 108 Å². The van der Waals surface area contributed by atoms with Gasteiger partial charge in [-0.15, -0.1) is 0 Å². The highest BCUT2D eigenvalue weighted by atomic mass is 16.6. The number of anilines is 1. The van der Waals surface area contributed by atoms with E-state index < -0.39 is 11.6 Å². The molecule has 0 bridgehead atoms. The number of cyclic esters (lactones) is 1. The normalized spacial score (nSPS) is 16.2. The maximum atomic E-state index is 13.5. The summed E-state index contributed by atoms with van der Waals surface area (Å²) in [5.41, 5.74) is 3.44. The third kappa shape index (κ3) is 3.82. The van der Waals surface area contributed by atoms with Crippen molar-refractivity contribution in [2.24, 2.45) is 0 Å². The molecular formula is C31H29N5O3. The molecule has 1 aliphatic rings. The average Bonchev–Trinajstić information content (AvgIpc) is 3.51. The third-order valence-electron chi connectivity index (χ3n) is 7.18. The first-order valence-corrected chi connectivity index (χ1v) is 13.2. The number of carbonyl (C=O) groups is 1. The standard InChI is InChI=1S/C31H29N5O3/c1-4-35(5-2)22-15-16-23(25(20-22)38-6-3)31(24-14-10-17-32-27(24)29(37)39-31)28-26(21-12-8-7-9-13-21)34-30-33-18-11-19-36(28)30/h7-20H,4-6H2,1-3H3. The zero-order valence-corrected chi connectivity index (χ0v) is 22.2. The van der Waals surface area contributed by atoms with Gasteiger partial charge in [-0.2, -0.15) is 0 Å². The molecule has 1 unspecified atom stereocenters. The van der Waals surface area contributed by atoms with Crippen LogP contribution in [0.4, 0.5) is 5.69 Å². The van der Waals surface area contributed by atoms with Crippen molar-refractivity contribution in [1.82, 2.24) is 19.4 Å². The molecule has 0 amide bonds. The fourth-order valence-corrected chi connectivity index (χ4v) is 5.48. The number of carbonyl (C=O) groups excluding carboxylic acids is 1. The summed E-state index contributed by atoms with van der Waals surface area (Å²) < 4.78 is 14.6. The van der Waals surface area contributed by atoms with Crippen molar-refractivity contribution in [3.8, 4) is 17.0 Å². The fourth-order valence-electron chi connectivity index (χ4n) is 5.48. The number of benzene rings is 2. The van der Waals surface area contributed by atoms with Gasteiger partial charge in [0.05, 0.1) is 12.3 Å². The van der Waals surface area contributed by atoms with E-state index in [0.717, 1.165) is 24.3 Å². The predicted molar refractivity (Wildman–Crippen MR) is 149 cm³/mol. The van der Waals surface area contributed by atoms with E-state index in [1.54, 1.807) is 12.4 Å². The Bertz CT molecular complexity index is 1660. The Labute approximate surface area is 226 Å². The SMILES string of the molecule is CCOc1cc(N(CC)CC)ccc1C1(c2c(-c3ccccc3)nc3ncccn23)OC(=O)c2ncccc21. The van der Waals surface area contributed by atoms with Gasteiger partial charge in [-0.05, 0) is 45.0 Å². The number of aromatic nitrogens is 4. The summed E-state index contributed by atoms with van der Waals surface area (Å²) in [6.07, 6.45) is 5.21. The van der Waals surface area contributed by atoms with Crippen molar-refractivity contribution in [3.63, 3.8) is 0 Å². The van der Waals surface area contributed by atoms with Crippen LogP contribution >= 0.6 is 0 Å². The molecule has 3 aromatic heterocycles. The lowest BCUT2D eigenvalue weighted by Crippen LogP contribution is -2.33. The summed E-state index contributed by atoms with van der Waals surface area (Å²) in [6, 6.07) is 21.5. The molecule has 2 aromatic carbocycles. The molecular weight excluding hydrogens is 490 g/mol. The lowest BCUT2D eigenvalue weighted by atomic mass is 9.81. The molecule has 4 heterocycles. The van der Waals surface area contributed by atoms with Gasteiger partial charge in [0.2, 0.25) is 11.4 Å². The smallest absolute Gasteiger partial charge is 0.359 e. The van der Waals surface area contributed by atoms with Gasteiger partial charge in [-0.1, -0.05) is 36.4 Å². The number of fused-ring (bicyclic) bond motifs is 2. The van der Waals surface area contributed by atoms with E-state index in [2.05, 4.69) is 34.8 Å².